The molecule has 1 aromatic heterocycles. The highest BCUT2D eigenvalue weighted by Crippen LogP contribution is 2.21. The van der Waals surface area contributed by atoms with Crippen LogP contribution in [-0.4, -0.2) is 22.1 Å². The minimum Gasteiger partial charge on any atom is -0.366 e. The fourth-order valence-electron chi connectivity index (χ4n) is 3.13. The molecule has 0 saturated heterocycles. The van der Waals surface area contributed by atoms with Gasteiger partial charge in [-0.05, 0) is 50.5 Å². The van der Waals surface area contributed by atoms with Crippen LogP contribution in [0, 0.1) is 13.8 Å². The molecule has 126 valence electrons. The van der Waals surface area contributed by atoms with Crippen LogP contribution in [-0.2, 0) is 0 Å². The summed E-state index contributed by atoms with van der Waals surface area (Å²) >= 11 is 0. The van der Waals surface area contributed by atoms with Crippen LogP contribution in [0.2, 0.25) is 0 Å². The second-order valence-corrected chi connectivity index (χ2v) is 6.56. The summed E-state index contributed by atoms with van der Waals surface area (Å²) < 4.78 is 0. The Kier molecular flexibility index (Phi) is 5.08. The third-order valence-corrected chi connectivity index (χ3v) is 4.48. The molecule has 0 spiro atoms. The van der Waals surface area contributed by atoms with E-state index in [-0.39, 0.29) is 5.91 Å². The van der Waals surface area contributed by atoms with Gasteiger partial charge in [0.25, 0.3) is 5.91 Å². The molecule has 0 atom stereocenters. The number of hydrogen-bond donors (Lipinski definition) is 2. The number of carbonyl (C=O) groups excluding carboxylic acids is 1. The monoisotopic (exact) mass is 324 g/mol. The van der Waals surface area contributed by atoms with Crippen molar-refractivity contribution in [3.63, 3.8) is 0 Å². The van der Waals surface area contributed by atoms with Crippen molar-refractivity contribution in [2.75, 3.05) is 10.6 Å². The molecule has 2 N–H and O–H groups in total. The molecule has 2 aromatic rings. The van der Waals surface area contributed by atoms with Crippen molar-refractivity contribution >= 4 is 17.4 Å². The Morgan fingerprint density at radius 1 is 1.04 bits per heavy atom. The Labute approximate surface area is 142 Å². The van der Waals surface area contributed by atoms with Crippen LogP contribution in [0.1, 0.15) is 53.7 Å². The first-order chi connectivity index (χ1) is 11.6. The maximum Gasteiger partial charge on any atom is 0.276 e. The number of nitrogens with zero attached hydrogens (tertiary/aromatic N) is 2. The summed E-state index contributed by atoms with van der Waals surface area (Å²) in [4.78, 5) is 12.3. The van der Waals surface area contributed by atoms with Crippen molar-refractivity contribution in [3.05, 3.63) is 47.2 Å². The number of nitrogens with one attached hydrogen (secondary N) is 2. The van der Waals surface area contributed by atoms with Crippen LogP contribution in [0.5, 0.6) is 0 Å². The first-order valence-corrected chi connectivity index (χ1v) is 8.61. The summed E-state index contributed by atoms with van der Waals surface area (Å²) in [6.07, 6.45) is 6.21. The van der Waals surface area contributed by atoms with Gasteiger partial charge in [-0.2, -0.15) is 0 Å². The van der Waals surface area contributed by atoms with Crippen LogP contribution in [0.3, 0.4) is 0 Å². The van der Waals surface area contributed by atoms with Crippen molar-refractivity contribution in [1.82, 2.24) is 10.2 Å². The predicted octanol–water partition coefficient (Wildman–Crippen LogP) is 4.09. The van der Waals surface area contributed by atoms with Gasteiger partial charge in [0.05, 0.1) is 0 Å². The molecule has 0 radical (unpaired) electrons. The molecule has 1 fully saturated rings. The SMILES string of the molecule is Cc1ccc(NC(=O)c2ccc(NC3CCCCC3)nn2)c(C)c1. The van der Waals surface area contributed by atoms with Gasteiger partial charge >= 0.3 is 0 Å². The van der Waals surface area contributed by atoms with Gasteiger partial charge < -0.3 is 10.6 Å². The highest BCUT2D eigenvalue weighted by atomic mass is 16.1. The zero-order valence-corrected chi connectivity index (χ0v) is 14.3. The van der Waals surface area contributed by atoms with Crippen molar-refractivity contribution in [2.45, 2.75) is 52.0 Å². The summed E-state index contributed by atoms with van der Waals surface area (Å²) in [5.74, 6) is 0.503. The summed E-state index contributed by atoms with van der Waals surface area (Å²) in [5.41, 5.74) is 3.33. The first-order valence-electron chi connectivity index (χ1n) is 8.61. The van der Waals surface area contributed by atoms with Crippen LogP contribution in [0.4, 0.5) is 11.5 Å². The van der Waals surface area contributed by atoms with Gasteiger partial charge in [0.15, 0.2) is 5.69 Å². The van der Waals surface area contributed by atoms with E-state index in [1.165, 1.54) is 37.7 Å². The average Bonchev–Trinajstić information content (AvgIpc) is 2.59. The molecule has 1 aliphatic carbocycles. The number of amides is 1. The normalized spacial score (nSPS) is 15.1. The molecule has 0 bridgehead atoms. The van der Waals surface area contributed by atoms with Crippen LogP contribution < -0.4 is 10.6 Å². The van der Waals surface area contributed by atoms with Gasteiger partial charge in [0.1, 0.15) is 5.82 Å². The van der Waals surface area contributed by atoms with Crippen molar-refractivity contribution in [1.29, 1.82) is 0 Å². The molecule has 1 heterocycles. The molecular weight excluding hydrogens is 300 g/mol. The lowest BCUT2D eigenvalue weighted by Gasteiger charge is -2.22. The zero-order chi connectivity index (χ0) is 16.9. The Morgan fingerprint density at radius 2 is 1.83 bits per heavy atom. The van der Waals surface area contributed by atoms with Gasteiger partial charge in [0, 0.05) is 11.7 Å². The smallest absolute Gasteiger partial charge is 0.276 e. The van der Waals surface area contributed by atoms with Crippen LogP contribution >= 0.6 is 0 Å². The van der Waals surface area contributed by atoms with Crippen LogP contribution in [0.15, 0.2) is 30.3 Å². The third-order valence-electron chi connectivity index (χ3n) is 4.48. The maximum absolute atomic E-state index is 12.3. The fraction of sp³-hybridized carbons (Fsp3) is 0.421. The summed E-state index contributed by atoms with van der Waals surface area (Å²) in [6.45, 7) is 4.01. The molecule has 0 aliphatic heterocycles. The van der Waals surface area contributed by atoms with Crippen LogP contribution in [0.25, 0.3) is 0 Å². The topological polar surface area (TPSA) is 66.9 Å². The van der Waals surface area contributed by atoms with Gasteiger partial charge in [0.2, 0.25) is 0 Å². The summed E-state index contributed by atoms with van der Waals surface area (Å²) in [5, 5.41) is 14.5. The first kappa shape index (κ1) is 16.4. The molecule has 5 heteroatoms. The Bertz CT molecular complexity index is 706. The second kappa shape index (κ2) is 7.43. The number of aromatic nitrogens is 2. The van der Waals surface area contributed by atoms with Gasteiger partial charge in [-0.15, -0.1) is 10.2 Å². The molecule has 24 heavy (non-hydrogen) atoms. The van der Waals surface area contributed by atoms with Crippen molar-refractivity contribution < 1.29 is 4.79 Å². The molecule has 1 saturated carbocycles. The molecular formula is C19H24N4O. The lowest BCUT2D eigenvalue weighted by molar-refractivity contribution is 0.102. The number of anilines is 2. The zero-order valence-electron chi connectivity index (χ0n) is 14.3. The van der Waals surface area contributed by atoms with E-state index in [0.717, 1.165) is 17.1 Å². The van der Waals surface area contributed by atoms with E-state index in [4.69, 9.17) is 0 Å². The van der Waals surface area contributed by atoms with E-state index in [0.29, 0.717) is 11.7 Å². The molecule has 0 unspecified atom stereocenters. The Balaban J connectivity index is 1.62. The number of hydrogen-bond acceptors (Lipinski definition) is 4. The van der Waals surface area contributed by atoms with Gasteiger partial charge in [-0.3, -0.25) is 4.79 Å². The molecule has 5 nitrogen and oxygen atoms in total. The lowest BCUT2D eigenvalue weighted by atomic mass is 9.95. The standard InChI is InChI=1S/C19H24N4O/c1-13-8-9-16(14(2)12-13)21-19(24)17-10-11-18(23-22-17)20-15-6-4-3-5-7-15/h8-12,15H,3-7H2,1-2H3,(H,20,23)(H,21,24). The average molecular weight is 324 g/mol. The predicted molar refractivity (Wildman–Crippen MR) is 96.4 cm³/mol. The van der Waals surface area contributed by atoms with E-state index in [1.54, 1.807) is 6.07 Å². The number of benzene rings is 1. The minimum atomic E-state index is -0.237. The van der Waals surface area contributed by atoms with E-state index in [2.05, 4.69) is 20.8 Å². The molecule has 1 amide bonds. The van der Waals surface area contributed by atoms with Gasteiger partial charge in [-0.25, -0.2) is 0 Å². The minimum absolute atomic E-state index is 0.237. The fourth-order valence-corrected chi connectivity index (χ4v) is 3.13. The summed E-state index contributed by atoms with van der Waals surface area (Å²) in [7, 11) is 0. The van der Waals surface area contributed by atoms with Crippen molar-refractivity contribution in [3.8, 4) is 0 Å². The number of carbonyl (C=O) groups is 1. The quantitative estimate of drug-likeness (QED) is 0.889. The Morgan fingerprint density at radius 3 is 2.50 bits per heavy atom. The van der Waals surface area contributed by atoms with E-state index in [1.807, 2.05) is 38.1 Å². The number of aryl methyl sites for hydroxylation is 2. The van der Waals surface area contributed by atoms with Crippen molar-refractivity contribution in [2.24, 2.45) is 0 Å². The highest BCUT2D eigenvalue weighted by Gasteiger charge is 2.14. The third kappa shape index (κ3) is 4.10. The molecule has 1 aromatic carbocycles. The molecule has 1 aliphatic rings. The van der Waals surface area contributed by atoms with E-state index < -0.39 is 0 Å². The van der Waals surface area contributed by atoms with E-state index in [9.17, 15) is 4.79 Å². The summed E-state index contributed by atoms with van der Waals surface area (Å²) in [6, 6.07) is 9.96. The second-order valence-electron chi connectivity index (χ2n) is 6.56. The Hall–Kier alpha value is -2.43. The largest absolute Gasteiger partial charge is 0.366 e. The maximum atomic E-state index is 12.3. The number of rotatable bonds is 4. The van der Waals surface area contributed by atoms with E-state index >= 15 is 0 Å². The molecule has 3 rings (SSSR count). The highest BCUT2D eigenvalue weighted by molar-refractivity contribution is 6.03. The lowest BCUT2D eigenvalue weighted by Crippen LogP contribution is -2.23. The van der Waals surface area contributed by atoms with Gasteiger partial charge in [-0.1, -0.05) is 37.0 Å².